The van der Waals surface area contributed by atoms with Crippen LogP contribution in [0.25, 0.3) is 0 Å². The highest BCUT2D eigenvalue weighted by Crippen LogP contribution is 2.29. The Hall–Kier alpha value is -1.34. The number of carboxylic acids is 1. The van der Waals surface area contributed by atoms with E-state index in [1.807, 2.05) is 22.6 Å². The van der Waals surface area contributed by atoms with Crippen LogP contribution in [0.4, 0.5) is 4.39 Å². The van der Waals surface area contributed by atoms with E-state index >= 15 is 0 Å². The van der Waals surface area contributed by atoms with Crippen LogP contribution in [0.5, 0.6) is 11.5 Å². The summed E-state index contributed by atoms with van der Waals surface area (Å²) in [5, 5.41) is 9.42. The van der Waals surface area contributed by atoms with Crippen molar-refractivity contribution in [2.24, 2.45) is 0 Å². The molecule has 2 aromatic rings. The molecule has 2 rings (SSSR count). The molecule has 2 aromatic carbocycles. The first-order chi connectivity index (χ1) is 8.97. The summed E-state index contributed by atoms with van der Waals surface area (Å²) in [6.45, 7) is 0. The number of ether oxygens (including phenoxy) is 1. The minimum Gasteiger partial charge on any atom is -0.478 e. The summed E-state index contributed by atoms with van der Waals surface area (Å²) in [6.07, 6.45) is 0. The van der Waals surface area contributed by atoms with Gasteiger partial charge in [0.05, 0.1) is 5.56 Å². The first kappa shape index (κ1) is 14.1. The smallest absolute Gasteiger partial charge is 0.336 e. The second-order valence-electron chi connectivity index (χ2n) is 3.62. The molecule has 0 saturated carbocycles. The van der Waals surface area contributed by atoms with Gasteiger partial charge in [-0.2, -0.15) is 0 Å². The van der Waals surface area contributed by atoms with Gasteiger partial charge in [0.25, 0.3) is 0 Å². The molecule has 98 valence electrons. The lowest BCUT2D eigenvalue weighted by molar-refractivity contribution is 0.0695. The Balaban J connectivity index is 2.33. The zero-order chi connectivity index (χ0) is 14.0. The van der Waals surface area contributed by atoms with E-state index in [0.717, 1.165) is 6.07 Å². The minimum absolute atomic E-state index is 0.0308. The van der Waals surface area contributed by atoms with Gasteiger partial charge in [0.1, 0.15) is 5.75 Å². The van der Waals surface area contributed by atoms with Crippen LogP contribution in [0.3, 0.4) is 0 Å². The maximum absolute atomic E-state index is 13.7. The summed E-state index contributed by atoms with van der Waals surface area (Å²) in [5.74, 6) is -1.52. The van der Waals surface area contributed by atoms with Crippen LogP contribution in [0, 0.1) is 9.39 Å². The number of benzene rings is 2. The van der Waals surface area contributed by atoms with Gasteiger partial charge in [0.2, 0.25) is 0 Å². The van der Waals surface area contributed by atoms with Gasteiger partial charge in [-0.05, 0) is 59.0 Å². The number of aromatic carboxylic acids is 1. The molecule has 0 unspecified atom stereocenters. The lowest BCUT2D eigenvalue weighted by Crippen LogP contribution is -2.01. The van der Waals surface area contributed by atoms with Crippen molar-refractivity contribution in [2.45, 2.75) is 0 Å². The number of hydrogen-bond donors (Lipinski definition) is 1. The Labute approximate surface area is 127 Å². The molecule has 0 amide bonds. The summed E-state index contributed by atoms with van der Waals surface area (Å²) in [6, 6.07) is 8.71. The Morgan fingerprint density at radius 3 is 2.47 bits per heavy atom. The average Bonchev–Trinajstić information content (AvgIpc) is 2.35. The van der Waals surface area contributed by atoms with Crippen molar-refractivity contribution in [1.82, 2.24) is 0 Å². The highest BCUT2D eigenvalue weighted by molar-refractivity contribution is 14.1. The Bertz CT molecular complexity index is 629. The number of carboxylic acid groups (broad SMARTS) is 1. The van der Waals surface area contributed by atoms with Crippen LogP contribution >= 0.6 is 34.2 Å². The fourth-order valence-electron chi connectivity index (χ4n) is 1.40. The third-order valence-corrected chi connectivity index (χ3v) is 3.44. The third-order valence-electron chi connectivity index (χ3n) is 2.29. The zero-order valence-electron chi connectivity index (χ0n) is 9.36. The Kier molecular flexibility index (Phi) is 4.26. The van der Waals surface area contributed by atoms with Crippen molar-refractivity contribution < 1.29 is 19.0 Å². The molecular formula is C13H7ClFIO3. The molecule has 6 heteroatoms. The standard InChI is InChI=1S/C13H7ClFIO3/c14-7-1-3-8(4-2-7)19-12-6-11(16)9(13(17)18)5-10(12)15/h1-6H,(H,17,18). The zero-order valence-corrected chi connectivity index (χ0v) is 12.3. The van der Waals surface area contributed by atoms with Crippen molar-refractivity contribution in [3.63, 3.8) is 0 Å². The first-order valence-electron chi connectivity index (χ1n) is 5.13. The van der Waals surface area contributed by atoms with Crippen molar-refractivity contribution in [2.75, 3.05) is 0 Å². The van der Waals surface area contributed by atoms with E-state index in [0.29, 0.717) is 14.3 Å². The minimum atomic E-state index is -1.18. The summed E-state index contributed by atoms with van der Waals surface area (Å²) in [4.78, 5) is 10.9. The topological polar surface area (TPSA) is 46.5 Å². The predicted molar refractivity (Wildman–Crippen MR) is 77.6 cm³/mol. The fraction of sp³-hybridized carbons (Fsp3) is 0. The molecule has 0 radical (unpaired) electrons. The van der Waals surface area contributed by atoms with Crippen molar-refractivity contribution in [1.29, 1.82) is 0 Å². The van der Waals surface area contributed by atoms with Crippen LogP contribution in [-0.4, -0.2) is 11.1 Å². The molecule has 0 saturated heterocycles. The predicted octanol–water partition coefficient (Wildman–Crippen LogP) is 4.57. The monoisotopic (exact) mass is 392 g/mol. The summed E-state index contributed by atoms with van der Waals surface area (Å²) in [5.41, 5.74) is -0.0958. The van der Waals surface area contributed by atoms with Gasteiger partial charge in [-0.1, -0.05) is 11.6 Å². The molecule has 0 aliphatic carbocycles. The molecule has 19 heavy (non-hydrogen) atoms. The molecule has 0 bridgehead atoms. The van der Waals surface area contributed by atoms with E-state index in [2.05, 4.69) is 0 Å². The summed E-state index contributed by atoms with van der Waals surface area (Å²) >= 11 is 7.55. The molecule has 1 N–H and O–H groups in total. The van der Waals surface area contributed by atoms with Crippen LogP contribution in [0.2, 0.25) is 5.02 Å². The molecular weight excluding hydrogens is 385 g/mol. The SMILES string of the molecule is O=C(O)c1cc(F)c(Oc2ccc(Cl)cc2)cc1I. The summed E-state index contributed by atoms with van der Waals surface area (Å²) in [7, 11) is 0. The number of halogens is 3. The second kappa shape index (κ2) is 5.75. The first-order valence-corrected chi connectivity index (χ1v) is 6.59. The molecule has 0 atom stereocenters. The Morgan fingerprint density at radius 2 is 1.89 bits per heavy atom. The normalized spacial score (nSPS) is 10.3. The van der Waals surface area contributed by atoms with Gasteiger partial charge in [0, 0.05) is 8.59 Å². The fourth-order valence-corrected chi connectivity index (χ4v) is 2.20. The second-order valence-corrected chi connectivity index (χ2v) is 5.22. The van der Waals surface area contributed by atoms with E-state index in [4.69, 9.17) is 21.4 Å². The van der Waals surface area contributed by atoms with Crippen LogP contribution in [-0.2, 0) is 0 Å². The highest BCUT2D eigenvalue weighted by atomic mass is 127. The lowest BCUT2D eigenvalue weighted by Gasteiger charge is -2.09. The van der Waals surface area contributed by atoms with Crippen LogP contribution in [0.1, 0.15) is 10.4 Å². The van der Waals surface area contributed by atoms with E-state index in [9.17, 15) is 9.18 Å². The van der Waals surface area contributed by atoms with Crippen molar-refractivity contribution in [3.05, 3.63) is 56.4 Å². The quantitative estimate of drug-likeness (QED) is 0.778. The number of rotatable bonds is 3. The average molecular weight is 393 g/mol. The van der Waals surface area contributed by atoms with E-state index in [1.54, 1.807) is 24.3 Å². The molecule has 0 aliphatic heterocycles. The van der Waals surface area contributed by atoms with Gasteiger partial charge in [-0.3, -0.25) is 0 Å². The number of hydrogen-bond acceptors (Lipinski definition) is 2. The van der Waals surface area contributed by atoms with E-state index in [1.165, 1.54) is 6.07 Å². The van der Waals surface area contributed by atoms with Gasteiger partial charge in [0.15, 0.2) is 11.6 Å². The van der Waals surface area contributed by atoms with Gasteiger partial charge < -0.3 is 9.84 Å². The Morgan fingerprint density at radius 1 is 1.26 bits per heavy atom. The maximum Gasteiger partial charge on any atom is 0.336 e. The lowest BCUT2D eigenvalue weighted by atomic mass is 10.2. The molecule has 0 heterocycles. The maximum atomic E-state index is 13.7. The third kappa shape index (κ3) is 3.36. The molecule has 0 aliphatic rings. The summed E-state index contributed by atoms with van der Waals surface area (Å²) < 4.78 is 19.5. The van der Waals surface area contributed by atoms with Gasteiger partial charge in [-0.15, -0.1) is 0 Å². The molecule has 0 fully saturated rings. The molecule has 3 nitrogen and oxygen atoms in total. The van der Waals surface area contributed by atoms with Crippen molar-refractivity contribution in [3.8, 4) is 11.5 Å². The molecule has 0 aromatic heterocycles. The van der Waals surface area contributed by atoms with Crippen molar-refractivity contribution >= 4 is 40.2 Å². The van der Waals surface area contributed by atoms with E-state index in [-0.39, 0.29) is 11.3 Å². The largest absolute Gasteiger partial charge is 0.478 e. The van der Waals surface area contributed by atoms with Crippen LogP contribution < -0.4 is 4.74 Å². The van der Waals surface area contributed by atoms with E-state index < -0.39 is 11.8 Å². The van der Waals surface area contributed by atoms with Gasteiger partial charge in [-0.25, -0.2) is 9.18 Å². The highest BCUT2D eigenvalue weighted by Gasteiger charge is 2.14. The molecule has 0 spiro atoms. The van der Waals surface area contributed by atoms with Gasteiger partial charge >= 0.3 is 5.97 Å². The van der Waals surface area contributed by atoms with Crippen LogP contribution in [0.15, 0.2) is 36.4 Å². The number of carbonyl (C=O) groups is 1.